The summed E-state index contributed by atoms with van der Waals surface area (Å²) in [5.74, 6) is 1.16. The van der Waals surface area contributed by atoms with Gasteiger partial charge in [0.15, 0.2) is 0 Å². The maximum absolute atomic E-state index is 12.9. The molecule has 2 aliphatic heterocycles. The number of aryl methyl sites for hydroxylation is 4. The Labute approximate surface area is 593 Å². The third kappa shape index (κ3) is 15.8. The van der Waals surface area contributed by atoms with Gasteiger partial charge in [0.05, 0.1) is 29.2 Å². The van der Waals surface area contributed by atoms with E-state index in [0.29, 0.717) is 30.8 Å². The first-order chi connectivity index (χ1) is 32.5. The van der Waals surface area contributed by atoms with Gasteiger partial charge < -0.3 is 46.0 Å². The van der Waals surface area contributed by atoms with Crippen LogP contribution < -0.4 is 233 Å². The molecule has 356 valence electrons. The number of esters is 1. The summed E-state index contributed by atoms with van der Waals surface area (Å²) in [6.45, 7) is 21.5. The summed E-state index contributed by atoms with van der Waals surface area (Å²) in [4.78, 5) is 45.0. The number of ether oxygens (including phenoxy) is 1. The van der Waals surface area contributed by atoms with E-state index in [0.717, 1.165) is 124 Å². The molecule has 16 heteroatoms. The molecule has 0 spiro atoms. The minimum absolute atomic E-state index is 0. The summed E-state index contributed by atoms with van der Waals surface area (Å²) in [7, 11) is 0. The predicted molar refractivity (Wildman–Crippen MR) is 267 cm³/mol. The summed E-state index contributed by atoms with van der Waals surface area (Å²) in [6.07, 6.45) is 2.10. The average Bonchev–Trinajstić information content (AvgIpc) is 3.32. The van der Waals surface area contributed by atoms with Gasteiger partial charge in [-0.05, 0) is 120 Å². The van der Waals surface area contributed by atoms with Gasteiger partial charge >= 0.3 is 213 Å². The number of benzene rings is 6. The Balaban J connectivity index is 0.000000631. The fraction of sp³-hybridized carbons (Fsp3) is 0.255. The van der Waals surface area contributed by atoms with E-state index in [-0.39, 0.29) is 226 Å². The van der Waals surface area contributed by atoms with E-state index in [1.807, 2.05) is 87.5 Å². The fourth-order valence-corrected chi connectivity index (χ4v) is 8.28. The minimum atomic E-state index is -0.328. The van der Waals surface area contributed by atoms with E-state index in [1.54, 1.807) is 6.07 Å². The molecule has 0 saturated heterocycles. The van der Waals surface area contributed by atoms with Crippen LogP contribution in [-0.2, 0) is 19.2 Å². The SMILES string of the molecule is CCN=c1cc2oc3cc(NCC)c(C)cc3c(-c3ccccc3C(=O)OCC)c-2cc1C.CCN=c1cc2oc3cc(NCC)c(C)cc3c(-c3ccccc3[C-]=O)c-2cc1C.O=CO[O-].[Cs+].[Cs+].[Cs+].[H-].[OH-]. The van der Waals surface area contributed by atoms with Crippen molar-refractivity contribution in [3.63, 3.8) is 0 Å². The zero-order valence-corrected chi connectivity index (χ0v) is 61.8. The largest absolute Gasteiger partial charge is 1.00 e. The summed E-state index contributed by atoms with van der Waals surface area (Å²) in [5.41, 5.74) is 14.6. The van der Waals surface area contributed by atoms with Crippen LogP contribution in [-0.4, -0.2) is 57.0 Å². The van der Waals surface area contributed by atoms with Crippen molar-refractivity contribution < 1.29 is 252 Å². The molecule has 0 unspecified atom stereocenters. The molecule has 4 aromatic carbocycles. The van der Waals surface area contributed by atoms with Crippen LogP contribution in [0, 0.1) is 27.7 Å². The van der Waals surface area contributed by atoms with E-state index in [9.17, 15) is 9.59 Å². The number of nitrogens with one attached hydrogen (secondary N) is 2. The molecule has 0 aromatic heterocycles. The summed E-state index contributed by atoms with van der Waals surface area (Å²) < 4.78 is 18.2. The molecule has 0 atom stereocenters. The topological polar surface area (TPSA) is 198 Å². The molecule has 8 rings (SSSR count). The molecule has 4 aliphatic rings. The molecule has 3 N–H and O–H groups in total. The van der Waals surface area contributed by atoms with Crippen LogP contribution in [0.4, 0.5) is 11.4 Å². The van der Waals surface area contributed by atoms with Crippen LogP contribution in [0.3, 0.4) is 0 Å². The van der Waals surface area contributed by atoms with Gasteiger partial charge in [0.25, 0.3) is 6.47 Å². The summed E-state index contributed by atoms with van der Waals surface area (Å²) >= 11 is 0. The third-order valence-electron chi connectivity index (χ3n) is 11.2. The van der Waals surface area contributed by atoms with Gasteiger partial charge in [-0.3, -0.25) is 14.8 Å². The average molecular weight is 1320 g/mol. The second-order valence-corrected chi connectivity index (χ2v) is 15.7. The number of carbonyl (C=O) groups is 2. The van der Waals surface area contributed by atoms with Crippen LogP contribution in [0.5, 0.6) is 0 Å². The molecular formula is C55H58Cs3N4O9-. The van der Waals surface area contributed by atoms with Gasteiger partial charge in [-0.1, -0.05) is 29.8 Å². The summed E-state index contributed by atoms with van der Waals surface area (Å²) in [6, 6.07) is 31.8. The molecule has 0 radical (unpaired) electrons. The number of nitrogens with zero attached hydrogens (tertiary/aromatic N) is 2. The Morgan fingerprint density at radius 1 is 0.648 bits per heavy atom. The van der Waals surface area contributed by atoms with Gasteiger partial charge in [0.1, 0.15) is 22.7 Å². The Morgan fingerprint density at radius 3 is 1.51 bits per heavy atom. The third-order valence-corrected chi connectivity index (χ3v) is 11.2. The van der Waals surface area contributed by atoms with Crippen molar-refractivity contribution in [3.05, 3.63) is 141 Å². The molecule has 0 fully saturated rings. The Hall–Kier alpha value is -1.45. The Kier molecular flexibility index (Phi) is 29.8. The van der Waals surface area contributed by atoms with Crippen molar-refractivity contribution >= 4 is 52.0 Å². The second kappa shape index (κ2) is 32.2. The molecular weight excluding hydrogens is 1260 g/mol. The molecule has 0 saturated carbocycles. The van der Waals surface area contributed by atoms with Crippen molar-refractivity contribution in [3.8, 4) is 44.9 Å². The van der Waals surface area contributed by atoms with E-state index in [1.165, 1.54) is 0 Å². The van der Waals surface area contributed by atoms with Gasteiger partial charge in [0.2, 0.25) is 0 Å². The van der Waals surface area contributed by atoms with Crippen LogP contribution in [0.2, 0.25) is 0 Å². The molecule has 13 nitrogen and oxygen atoms in total. The van der Waals surface area contributed by atoms with E-state index in [4.69, 9.17) is 23.6 Å². The number of rotatable bonds is 12. The second-order valence-electron chi connectivity index (χ2n) is 15.7. The summed E-state index contributed by atoms with van der Waals surface area (Å²) in [5, 5.41) is 19.0. The van der Waals surface area contributed by atoms with Crippen LogP contribution in [0.15, 0.2) is 116 Å². The normalized spacial score (nSPS) is 10.8. The minimum Gasteiger partial charge on any atom is -1.00 e. The predicted octanol–water partition coefficient (Wildman–Crippen LogP) is 1.36. The zero-order valence-electron chi connectivity index (χ0n) is 44.0. The zero-order chi connectivity index (χ0) is 48.2. The first-order valence-electron chi connectivity index (χ1n) is 22.5. The van der Waals surface area contributed by atoms with Crippen LogP contribution in [0.25, 0.3) is 66.8 Å². The Bertz CT molecular complexity index is 3180. The van der Waals surface area contributed by atoms with Crippen LogP contribution >= 0.6 is 0 Å². The quantitative estimate of drug-likeness (QED) is 0.0448. The molecule has 71 heavy (non-hydrogen) atoms. The number of carbonyl (C=O) groups excluding carboxylic acids is 3. The standard InChI is InChI=1S/C28H30N2O3.C26H25N2O2.CH2O3.3Cs.H2O.H/c1-6-29-23-15-25-21(13-17(23)4)27(19-11-9-10-12-20(19)28(31)32-8-3)22-14-18(5)24(30-7-2)16-26(22)33-25;1-5-27-22-13-24-20(11-16(22)3)26(19-10-8-7-9-18(19)15-29)21-12-17(4)23(28-6-2)14-25(21)30-24;2-1-4-3;;;;;/h9-16,29H,6-8H2,1-5H3;7-14,27H,5-6H2,1-4H3;1,3H;;;;1H2;/q;-1;;3*+1;;-1/p-2. The van der Waals surface area contributed by atoms with Crippen molar-refractivity contribution in [2.24, 2.45) is 9.98 Å². The molecule has 2 heterocycles. The van der Waals surface area contributed by atoms with Crippen molar-refractivity contribution in [1.82, 2.24) is 0 Å². The van der Waals surface area contributed by atoms with Gasteiger partial charge in [-0.2, -0.15) is 6.07 Å². The van der Waals surface area contributed by atoms with E-state index >= 15 is 0 Å². The van der Waals surface area contributed by atoms with Gasteiger partial charge in [-0.15, -0.1) is 23.3 Å². The van der Waals surface area contributed by atoms with Crippen molar-refractivity contribution in [2.45, 2.75) is 62.3 Å². The number of fused-ring (bicyclic) bond motifs is 4. The number of hydrogen-bond donors (Lipinski definition) is 2. The van der Waals surface area contributed by atoms with E-state index in [2.05, 4.69) is 97.6 Å². The van der Waals surface area contributed by atoms with Gasteiger partial charge in [-0.25, -0.2) is 4.79 Å². The fourth-order valence-electron chi connectivity index (χ4n) is 8.28. The van der Waals surface area contributed by atoms with Crippen LogP contribution in [0.1, 0.15) is 74.2 Å². The van der Waals surface area contributed by atoms with E-state index < -0.39 is 0 Å². The molecule has 0 amide bonds. The molecule has 4 aromatic rings. The van der Waals surface area contributed by atoms with Gasteiger partial charge in [0, 0.05) is 89.3 Å². The molecule has 2 aliphatic carbocycles. The molecule has 0 bridgehead atoms. The maximum atomic E-state index is 12.9. The number of anilines is 2. The van der Waals surface area contributed by atoms with Crippen molar-refractivity contribution in [2.75, 3.05) is 43.4 Å². The van der Waals surface area contributed by atoms with Crippen molar-refractivity contribution in [1.29, 1.82) is 0 Å². The number of hydrogen-bond acceptors (Lipinski definition) is 13. The Morgan fingerprint density at radius 2 is 1.08 bits per heavy atom. The maximum Gasteiger partial charge on any atom is 1.00 e. The monoisotopic (exact) mass is 1320 g/mol. The first-order valence-corrected chi connectivity index (χ1v) is 22.5. The first kappa shape index (κ1) is 65.7. The smallest absolute Gasteiger partial charge is 1.00 e.